The van der Waals surface area contributed by atoms with Crippen LogP contribution in [0, 0.1) is 12.8 Å². The van der Waals surface area contributed by atoms with Crippen LogP contribution in [-0.4, -0.2) is 34.3 Å². The number of halogens is 1. The van der Waals surface area contributed by atoms with Crippen molar-refractivity contribution in [3.8, 4) is 0 Å². The van der Waals surface area contributed by atoms with Crippen LogP contribution in [-0.2, 0) is 13.6 Å². The summed E-state index contributed by atoms with van der Waals surface area (Å²) in [7, 11) is 1.60. The van der Waals surface area contributed by atoms with E-state index >= 15 is 0 Å². The van der Waals surface area contributed by atoms with Gasteiger partial charge in [0.2, 0.25) is 0 Å². The molecule has 134 valence electrons. The molecule has 1 aromatic heterocycles. The Bertz CT molecular complexity index is 764. The highest BCUT2D eigenvalue weighted by atomic mass is 35.5. The van der Waals surface area contributed by atoms with E-state index in [-0.39, 0.29) is 10.6 Å². The van der Waals surface area contributed by atoms with Gasteiger partial charge in [-0.3, -0.25) is 9.69 Å². The van der Waals surface area contributed by atoms with E-state index in [1.54, 1.807) is 13.2 Å². The second-order valence-electron chi connectivity index (χ2n) is 6.89. The second-order valence-corrected chi connectivity index (χ2v) is 7.26. The highest BCUT2D eigenvalue weighted by molar-refractivity contribution is 6.32. The molecule has 2 aromatic rings. The lowest BCUT2D eigenvalue weighted by molar-refractivity contribution is 0.182. The number of aryl methyl sites for hydroxylation is 2. The lowest BCUT2D eigenvalue weighted by Crippen LogP contribution is -2.35. The number of aromatic nitrogens is 2. The predicted molar refractivity (Wildman–Crippen MR) is 102 cm³/mol. The van der Waals surface area contributed by atoms with Gasteiger partial charge in [0, 0.05) is 20.1 Å². The van der Waals surface area contributed by atoms with Gasteiger partial charge in [-0.1, -0.05) is 41.4 Å². The number of hydrogen-bond acceptors (Lipinski definition) is 4. The van der Waals surface area contributed by atoms with E-state index in [0.29, 0.717) is 11.6 Å². The van der Waals surface area contributed by atoms with Crippen molar-refractivity contribution in [2.24, 2.45) is 13.0 Å². The van der Waals surface area contributed by atoms with Crippen molar-refractivity contribution < 1.29 is 0 Å². The molecule has 25 heavy (non-hydrogen) atoms. The highest BCUT2D eigenvalue weighted by Gasteiger charge is 2.19. The van der Waals surface area contributed by atoms with E-state index in [1.165, 1.54) is 15.8 Å². The third kappa shape index (κ3) is 4.61. The Kier molecular flexibility index (Phi) is 5.76. The highest BCUT2D eigenvalue weighted by Crippen LogP contribution is 2.21. The maximum absolute atomic E-state index is 11.8. The van der Waals surface area contributed by atoms with Gasteiger partial charge in [0.1, 0.15) is 5.02 Å². The van der Waals surface area contributed by atoms with Gasteiger partial charge >= 0.3 is 0 Å². The molecule has 1 aliphatic heterocycles. The molecule has 0 spiro atoms. The van der Waals surface area contributed by atoms with Crippen LogP contribution >= 0.6 is 11.6 Å². The first kappa shape index (κ1) is 18.0. The van der Waals surface area contributed by atoms with E-state index in [4.69, 9.17) is 11.6 Å². The number of likely N-dealkylation sites (tertiary alicyclic amines) is 1. The normalized spacial score (nSPS) is 16.1. The summed E-state index contributed by atoms with van der Waals surface area (Å²) in [5.41, 5.74) is 3.05. The van der Waals surface area contributed by atoms with Gasteiger partial charge in [-0.2, -0.15) is 5.10 Å². The molecule has 1 aliphatic rings. The number of nitrogens with zero attached hydrogens (tertiary/aromatic N) is 3. The minimum atomic E-state index is -0.264. The molecular formula is C19H25ClN4O. The molecule has 0 amide bonds. The van der Waals surface area contributed by atoms with E-state index in [1.807, 2.05) is 0 Å². The summed E-state index contributed by atoms with van der Waals surface area (Å²) in [4.78, 5) is 14.3. The molecule has 1 N–H and O–H groups in total. The molecular weight excluding hydrogens is 336 g/mol. The number of rotatable bonds is 5. The maximum Gasteiger partial charge on any atom is 0.287 e. The Balaban J connectivity index is 1.47. The van der Waals surface area contributed by atoms with Crippen molar-refractivity contribution >= 4 is 17.3 Å². The first-order valence-electron chi connectivity index (χ1n) is 8.76. The van der Waals surface area contributed by atoms with Gasteiger partial charge < -0.3 is 5.32 Å². The fourth-order valence-corrected chi connectivity index (χ4v) is 3.43. The summed E-state index contributed by atoms with van der Waals surface area (Å²) in [6.07, 6.45) is 3.92. The van der Waals surface area contributed by atoms with Crippen molar-refractivity contribution in [2.45, 2.75) is 26.3 Å². The van der Waals surface area contributed by atoms with Gasteiger partial charge in [0.25, 0.3) is 5.56 Å². The minimum Gasteiger partial charge on any atom is -0.382 e. The van der Waals surface area contributed by atoms with Gasteiger partial charge in [0.05, 0.1) is 11.9 Å². The summed E-state index contributed by atoms with van der Waals surface area (Å²) >= 11 is 6.10. The molecule has 0 aliphatic carbocycles. The molecule has 1 fully saturated rings. The van der Waals surface area contributed by atoms with E-state index in [0.717, 1.165) is 39.0 Å². The molecule has 2 heterocycles. The molecule has 0 bridgehead atoms. The van der Waals surface area contributed by atoms with E-state index in [9.17, 15) is 4.79 Å². The number of nitrogens with one attached hydrogen (secondary N) is 1. The lowest BCUT2D eigenvalue weighted by Gasteiger charge is -2.32. The van der Waals surface area contributed by atoms with Crippen LogP contribution < -0.4 is 10.9 Å². The minimum absolute atomic E-state index is 0.217. The summed E-state index contributed by atoms with van der Waals surface area (Å²) in [5.74, 6) is 0.592. The third-order valence-electron chi connectivity index (χ3n) is 4.89. The standard InChI is InChI=1S/C19H25ClN4O/c1-14-3-5-16(6-4-14)13-24-9-7-15(8-10-24)11-21-17-12-22-23(2)19(25)18(17)20/h3-6,12,15,21H,7-11,13H2,1-2H3. The van der Waals surface area contributed by atoms with E-state index in [2.05, 4.69) is 46.5 Å². The third-order valence-corrected chi connectivity index (χ3v) is 5.26. The number of benzene rings is 1. The van der Waals surface area contributed by atoms with Crippen LogP contribution in [0.25, 0.3) is 0 Å². The largest absolute Gasteiger partial charge is 0.382 e. The zero-order valence-electron chi connectivity index (χ0n) is 14.8. The van der Waals surface area contributed by atoms with Crippen LogP contribution in [0.1, 0.15) is 24.0 Å². The van der Waals surface area contributed by atoms with Crippen molar-refractivity contribution in [3.63, 3.8) is 0 Å². The van der Waals surface area contributed by atoms with Crippen LogP contribution in [0.2, 0.25) is 5.02 Å². The van der Waals surface area contributed by atoms with Crippen LogP contribution in [0.3, 0.4) is 0 Å². The topological polar surface area (TPSA) is 50.2 Å². The molecule has 0 saturated carbocycles. The fraction of sp³-hybridized carbons (Fsp3) is 0.474. The van der Waals surface area contributed by atoms with Gasteiger partial charge in [0.15, 0.2) is 0 Å². The monoisotopic (exact) mass is 360 g/mol. The molecule has 0 atom stereocenters. The molecule has 1 saturated heterocycles. The van der Waals surface area contributed by atoms with E-state index < -0.39 is 0 Å². The SMILES string of the molecule is Cc1ccc(CN2CCC(CNc3cnn(C)c(=O)c3Cl)CC2)cc1. The van der Waals surface area contributed by atoms with Crippen LogP contribution in [0.4, 0.5) is 5.69 Å². The quantitative estimate of drug-likeness (QED) is 0.890. The maximum atomic E-state index is 11.8. The van der Waals surface area contributed by atoms with Crippen LogP contribution in [0.15, 0.2) is 35.3 Å². The number of piperidine rings is 1. The predicted octanol–water partition coefficient (Wildman–Crippen LogP) is 3.07. The average Bonchev–Trinajstić information content (AvgIpc) is 2.62. The Labute approximate surface area is 153 Å². The summed E-state index contributed by atoms with van der Waals surface area (Å²) in [5, 5.41) is 7.53. The first-order chi connectivity index (χ1) is 12.0. The zero-order valence-corrected chi connectivity index (χ0v) is 15.6. The summed E-state index contributed by atoms with van der Waals surface area (Å²) < 4.78 is 1.25. The lowest BCUT2D eigenvalue weighted by atomic mass is 9.96. The van der Waals surface area contributed by atoms with Gasteiger partial charge in [-0.05, 0) is 44.3 Å². The molecule has 3 rings (SSSR count). The molecule has 0 unspecified atom stereocenters. The fourth-order valence-electron chi connectivity index (χ4n) is 3.19. The van der Waals surface area contributed by atoms with Gasteiger partial charge in [-0.15, -0.1) is 0 Å². The summed E-state index contributed by atoms with van der Waals surface area (Å²) in [6, 6.07) is 8.78. The molecule has 0 radical (unpaired) electrons. The van der Waals surface area contributed by atoms with Crippen LogP contribution in [0.5, 0.6) is 0 Å². The number of hydrogen-bond donors (Lipinski definition) is 1. The van der Waals surface area contributed by atoms with Crippen molar-refractivity contribution in [3.05, 3.63) is 57.0 Å². The molecule has 6 heteroatoms. The summed E-state index contributed by atoms with van der Waals surface area (Å²) in [6.45, 7) is 6.16. The first-order valence-corrected chi connectivity index (χ1v) is 9.14. The average molecular weight is 361 g/mol. The molecule has 1 aromatic carbocycles. The van der Waals surface area contributed by atoms with Crippen molar-refractivity contribution in [2.75, 3.05) is 25.0 Å². The zero-order chi connectivity index (χ0) is 17.8. The Morgan fingerprint density at radius 2 is 1.92 bits per heavy atom. The molecule has 5 nitrogen and oxygen atoms in total. The van der Waals surface area contributed by atoms with Gasteiger partial charge in [-0.25, -0.2) is 4.68 Å². The van der Waals surface area contributed by atoms with Crippen molar-refractivity contribution in [1.29, 1.82) is 0 Å². The second kappa shape index (κ2) is 8.02. The Morgan fingerprint density at radius 3 is 2.60 bits per heavy atom. The smallest absolute Gasteiger partial charge is 0.287 e. The number of anilines is 1. The Morgan fingerprint density at radius 1 is 1.24 bits per heavy atom. The van der Waals surface area contributed by atoms with Crippen molar-refractivity contribution in [1.82, 2.24) is 14.7 Å². The Hall–Kier alpha value is -1.85.